The fraction of sp³-hybridized carbons (Fsp3) is 0.450. The Morgan fingerprint density at radius 2 is 1.43 bits per heavy atom. The first-order valence-corrected chi connectivity index (χ1v) is 18.9. The molecule has 0 unspecified atom stereocenters. The predicted molar refractivity (Wildman–Crippen MR) is 205 cm³/mol. The monoisotopic (exact) mass is 806 g/mol. The molecule has 312 valence electrons. The van der Waals surface area contributed by atoms with Gasteiger partial charge in [-0.3, -0.25) is 38.5 Å². The molecule has 0 saturated heterocycles. The van der Waals surface area contributed by atoms with Crippen LogP contribution in [0.4, 0.5) is 0 Å². The topological polar surface area (TPSA) is 237 Å². The van der Waals surface area contributed by atoms with Gasteiger partial charge in [-0.15, -0.1) is 0 Å². The summed E-state index contributed by atoms with van der Waals surface area (Å²) >= 11 is 0. The number of imide groups is 1. The zero-order chi connectivity index (χ0) is 41.9. The van der Waals surface area contributed by atoms with E-state index in [9.17, 15) is 38.4 Å². The summed E-state index contributed by atoms with van der Waals surface area (Å²) in [6.45, 7) is -1.41. The number of hydrogen-bond donors (Lipinski definition) is 5. The second kappa shape index (κ2) is 23.1. The maximum Gasteiger partial charge on any atom is 0.335 e. The molecule has 1 saturated carbocycles. The Balaban J connectivity index is 1.15. The first-order valence-electron chi connectivity index (χ1n) is 18.9. The summed E-state index contributed by atoms with van der Waals surface area (Å²) in [5.74, 6) is -3.21. The molecule has 1 aliphatic heterocycles. The molecule has 1 fully saturated rings. The number of ether oxygens (including phenoxy) is 4. The molecule has 5 N–H and O–H groups in total. The molecule has 0 radical (unpaired) electrons. The Kier molecular flexibility index (Phi) is 17.7. The molecule has 7 amide bonds. The fourth-order valence-corrected chi connectivity index (χ4v) is 5.76. The van der Waals surface area contributed by atoms with E-state index >= 15 is 0 Å². The zero-order valence-electron chi connectivity index (χ0n) is 32.5. The lowest BCUT2D eigenvalue weighted by atomic mass is 10.1. The molecule has 1 heterocycles. The van der Waals surface area contributed by atoms with Gasteiger partial charge in [-0.25, -0.2) is 4.79 Å². The largest absolute Gasteiger partial charge is 0.497 e. The molecule has 1 aliphatic carbocycles. The van der Waals surface area contributed by atoms with Crippen molar-refractivity contribution in [3.63, 3.8) is 0 Å². The van der Waals surface area contributed by atoms with Crippen LogP contribution >= 0.6 is 0 Å². The normalized spacial score (nSPS) is 14.2. The summed E-state index contributed by atoms with van der Waals surface area (Å²) in [5.41, 5.74) is 1.36. The molecular formula is C40H50N6O12. The maximum absolute atomic E-state index is 13.2. The summed E-state index contributed by atoms with van der Waals surface area (Å²) in [4.78, 5) is 100. The van der Waals surface area contributed by atoms with Crippen LogP contribution < -0.4 is 36.1 Å². The molecule has 58 heavy (non-hydrogen) atoms. The second-order valence-corrected chi connectivity index (χ2v) is 13.5. The molecule has 4 rings (SSSR count). The Hall–Kier alpha value is -6.30. The highest BCUT2D eigenvalue weighted by Crippen LogP contribution is 2.35. The van der Waals surface area contributed by atoms with Gasteiger partial charge >= 0.3 is 5.97 Å². The molecule has 2 atom stereocenters. The number of unbranched alkanes of at least 4 members (excludes halogenated alkanes) is 2. The lowest BCUT2D eigenvalue weighted by molar-refractivity contribution is -0.161. The molecule has 2 aromatic carbocycles. The molecule has 0 aromatic heterocycles. The number of rotatable bonds is 25. The molecule has 0 spiro atoms. The van der Waals surface area contributed by atoms with Gasteiger partial charge in [0.25, 0.3) is 11.8 Å². The van der Waals surface area contributed by atoms with Crippen LogP contribution in [0.3, 0.4) is 0 Å². The Morgan fingerprint density at radius 1 is 0.759 bits per heavy atom. The molecule has 0 bridgehead atoms. The highest BCUT2D eigenvalue weighted by Gasteiger charge is 2.38. The number of benzene rings is 2. The first-order chi connectivity index (χ1) is 28.0. The van der Waals surface area contributed by atoms with E-state index < -0.39 is 54.8 Å². The van der Waals surface area contributed by atoms with Crippen molar-refractivity contribution < 1.29 is 57.3 Å². The Morgan fingerprint density at radius 3 is 2.12 bits per heavy atom. The molecule has 2 aromatic rings. The summed E-state index contributed by atoms with van der Waals surface area (Å²) in [5, 5.41) is 12.5. The number of carbonyl (C=O) groups excluding carboxylic acids is 8. The summed E-state index contributed by atoms with van der Waals surface area (Å²) in [7, 11) is 3.03. The predicted octanol–water partition coefficient (Wildman–Crippen LogP) is 0.177. The highest BCUT2D eigenvalue weighted by molar-refractivity contribution is 6.12. The third kappa shape index (κ3) is 15.0. The average Bonchev–Trinajstić information content (AvgIpc) is 4.02. The second-order valence-electron chi connectivity index (χ2n) is 13.5. The fourth-order valence-electron chi connectivity index (χ4n) is 5.76. The van der Waals surface area contributed by atoms with Gasteiger partial charge in [0.05, 0.1) is 33.9 Å². The standard InChI is InChI=1S/C40H50N6O12/c1-55-29-15-14-28(31(20-29)56-2)24-57-40(54)38(27-12-13-27)58-25-44-34(49)22-43-39(53)30(19-26-9-5-3-6-10-26)45-35(50)23-42-33(48)21-41-32(47)11-7-4-8-18-46-36(51)16-17-37(46)52/h3,5-6,9-10,14-17,20,27,30,38H,4,7-8,11-13,18-19,21-25H2,1-2H3,(H,41,47)(H,42,48)(H,43,53)(H,44,49)(H,45,50)/t30-,38+/m0/s1. The number of esters is 1. The average molecular weight is 807 g/mol. The van der Waals surface area contributed by atoms with E-state index in [1.54, 1.807) is 48.5 Å². The van der Waals surface area contributed by atoms with Crippen LogP contribution in [-0.4, -0.2) is 111 Å². The van der Waals surface area contributed by atoms with Gasteiger partial charge in [0.1, 0.15) is 30.9 Å². The van der Waals surface area contributed by atoms with E-state index in [1.807, 2.05) is 0 Å². The highest BCUT2D eigenvalue weighted by atomic mass is 16.6. The van der Waals surface area contributed by atoms with Crippen LogP contribution in [0.15, 0.2) is 60.7 Å². The van der Waals surface area contributed by atoms with Gasteiger partial charge in [-0.2, -0.15) is 0 Å². The molecule has 18 heteroatoms. The third-order valence-electron chi connectivity index (χ3n) is 9.11. The van der Waals surface area contributed by atoms with Gasteiger partial charge in [0.2, 0.25) is 29.5 Å². The van der Waals surface area contributed by atoms with Gasteiger partial charge in [0.15, 0.2) is 6.10 Å². The van der Waals surface area contributed by atoms with E-state index in [2.05, 4.69) is 26.6 Å². The van der Waals surface area contributed by atoms with Gasteiger partial charge in [-0.05, 0) is 49.3 Å². The Labute approximate surface area is 335 Å². The molecule has 2 aliphatic rings. The van der Waals surface area contributed by atoms with Crippen LogP contribution in [0.5, 0.6) is 11.5 Å². The van der Waals surface area contributed by atoms with Gasteiger partial charge in [-0.1, -0.05) is 36.8 Å². The van der Waals surface area contributed by atoms with Crippen molar-refractivity contribution in [1.29, 1.82) is 0 Å². The van der Waals surface area contributed by atoms with E-state index in [0.717, 1.165) is 23.3 Å². The molecular weight excluding hydrogens is 756 g/mol. The number of nitrogens with one attached hydrogen (secondary N) is 5. The quantitative estimate of drug-likeness (QED) is 0.0391. The van der Waals surface area contributed by atoms with Crippen LogP contribution in [0.1, 0.15) is 49.7 Å². The summed E-state index contributed by atoms with van der Waals surface area (Å²) in [6, 6.07) is 12.9. The maximum atomic E-state index is 13.2. The lowest BCUT2D eigenvalue weighted by Crippen LogP contribution is -2.52. The third-order valence-corrected chi connectivity index (χ3v) is 9.11. The van der Waals surface area contributed by atoms with E-state index in [-0.39, 0.29) is 62.9 Å². The number of methoxy groups -OCH3 is 2. The number of carbonyl (C=O) groups is 8. The number of hydrogen-bond acceptors (Lipinski definition) is 12. The minimum absolute atomic E-state index is 0.0540. The van der Waals surface area contributed by atoms with Crippen molar-refractivity contribution in [3.05, 3.63) is 71.8 Å². The Bertz CT molecular complexity index is 1800. The van der Waals surface area contributed by atoms with Crippen molar-refractivity contribution in [2.24, 2.45) is 5.92 Å². The van der Waals surface area contributed by atoms with Crippen molar-refractivity contribution in [2.45, 2.75) is 63.7 Å². The molecule has 18 nitrogen and oxygen atoms in total. The van der Waals surface area contributed by atoms with Crippen molar-refractivity contribution in [1.82, 2.24) is 31.5 Å². The van der Waals surface area contributed by atoms with E-state index in [1.165, 1.54) is 26.4 Å². The minimum Gasteiger partial charge on any atom is -0.497 e. The van der Waals surface area contributed by atoms with Gasteiger partial charge in [0, 0.05) is 43.2 Å². The summed E-state index contributed by atoms with van der Waals surface area (Å²) < 4.78 is 21.7. The SMILES string of the molecule is COc1ccc(COC(=O)[C@H](OCNC(=O)CNC(=O)[C@H](Cc2ccccc2)NC(=O)CNC(=O)CNC(=O)CCCCCN2C(=O)C=CC2=O)C2CC2)c(OC)c1. The smallest absolute Gasteiger partial charge is 0.335 e. The zero-order valence-corrected chi connectivity index (χ0v) is 32.5. The van der Waals surface area contributed by atoms with Crippen molar-refractivity contribution >= 4 is 47.3 Å². The van der Waals surface area contributed by atoms with Crippen LogP contribution in [0.25, 0.3) is 0 Å². The van der Waals surface area contributed by atoms with E-state index in [4.69, 9.17) is 18.9 Å². The van der Waals surface area contributed by atoms with E-state index in [0.29, 0.717) is 36.3 Å². The van der Waals surface area contributed by atoms with Gasteiger partial charge < -0.3 is 45.5 Å². The number of nitrogens with zero attached hydrogens (tertiary/aromatic N) is 1. The van der Waals surface area contributed by atoms with Crippen molar-refractivity contribution in [3.8, 4) is 11.5 Å². The van der Waals surface area contributed by atoms with Crippen LogP contribution in [0, 0.1) is 5.92 Å². The summed E-state index contributed by atoms with van der Waals surface area (Å²) in [6.07, 6.45) is 4.90. The lowest BCUT2D eigenvalue weighted by Gasteiger charge is -2.19. The minimum atomic E-state index is -1.10. The van der Waals surface area contributed by atoms with Crippen LogP contribution in [-0.2, 0) is 60.9 Å². The number of amides is 7. The first kappa shape index (κ1) is 44.4. The van der Waals surface area contributed by atoms with Crippen LogP contribution in [0.2, 0.25) is 0 Å². The van der Waals surface area contributed by atoms with Crippen molar-refractivity contribution in [2.75, 3.05) is 47.1 Å².